The summed E-state index contributed by atoms with van der Waals surface area (Å²) in [6.45, 7) is 0. The smallest absolute Gasteiger partial charge is 0.159 e. The molecule has 0 aliphatic carbocycles. The minimum absolute atomic E-state index is 0.547. The first-order valence-corrected chi connectivity index (χ1v) is 4.89. The van der Waals surface area contributed by atoms with Crippen molar-refractivity contribution in [1.82, 2.24) is 25.1 Å². The Morgan fingerprint density at radius 1 is 1.24 bits per heavy atom. The fourth-order valence-corrected chi connectivity index (χ4v) is 1.60. The predicted octanol–water partition coefficient (Wildman–Crippen LogP) is 1.29. The van der Waals surface area contributed by atoms with Crippen LogP contribution < -0.4 is 0 Å². The fraction of sp³-hybridized carbons (Fsp3) is 0. The molecule has 80 valence electrons. The molecule has 0 atom stereocenters. The Labute approximate surface area is 96.0 Å². The lowest BCUT2D eigenvalue weighted by Crippen LogP contribution is -1.90. The fourth-order valence-electron chi connectivity index (χ4n) is 1.60. The molecule has 6 heteroatoms. The van der Waals surface area contributed by atoms with Crippen LogP contribution in [0.25, 0.3) is 22.4 Å². The molecule has 0 spiro atoms. The Kier molecular flexibility index (Phi) is 2.02. The Morgan fingerprint density at radius 2 is 2.18 bits per heavy atom. The van der Waals surface area contributed by atoms with Crippen LogP contribution >= 0.6 is 0 Å². The molecule has 0 fully saturated rings. The molecular weight excluding hydrogens is 216 g/mol. The SMILES string of the molecule is N#Cc1ccnc(-c2ncnc3[nH]ncc23)c1. The van der Waals surface area contributed by atoms with Crippen LogP contribution in [0.2, 0.25) is 0 Å². The maximum absolute atomic E-state index is 8.85. The van der Waals surface area contributed by atoms with Crippen LogP contribution in [-0.2, 0) is 0 Å². The summed E-state index contributed by atoms with van der Waals surface area (Å²) in [5, 5.41) is 16.3. The number of pyridine rings is 1. The summed E-state index contributed by atoms with van der Waals surface area (Å²) in [6.07, 6.45) is 4.67. The Morgan fingerprint density at radius 3 is 3.06 bits per heavy atom. The molecule has 1 N–H and O–H groups in total. The second-order valence-electron chi connectivity index (χ2n) is 3.40. The van der Waals surface area contributed by atoms with Crippen LogP contribution in [0.4, 0.5) is 0 Å². The lowest BCUT2D eigenvalue weighted by molar-refractivity contribution is 1.09. The van der Waals surface area contributed by atoms with Crippen molar-refractivity contribution >= 4 is 11.0 Å². The molecule has 3 rings (SSSR count). The highest BCUT2D eigenvalue weighted by Gasteiger charge is 2.09. The third-order valence-electron chi connectivity index (χ3n) is 2.38. The molecule has 0 saturated heterocycles. The lowest BCUT2D eigenvalue weighted by atomic mass is 10.1. The number of aromatic amines is 1. The van der Waals surface area contributed by atoms with E-state index in [1.807, 2.05) is 0 Å². The standard InChI is InChI=1S/C11H6N6/c12-4-7-1-2-13-9(3-7)10-8-5-16-17-11(8)15-6-14-10/h1-3,5-6H,(H,14,15,16,17). The number of H-pyrrole nitrogens is 1. The topological polar surface area (TPSA) is 91.1 Å². The maximum atomic E-state index is 8.85. The third-order valence-corrected chi connectivity index (χ3v) is 2.38. The van der Waals surface area contributed by atoms with Crippen LogP contribution in [0, 0.1) is 11.3 Å². The van der Waals surface area contributed by atoms with Crippen molar-refractivity contribution in [2.24, 2.45) is 0 Å². The van der Waals surface area contributed by atoms with Gasteiger partial charge in [0.2, 0.25) is 0 Å². The Bertz CT molecular complexity index is 724. The van der Waals surface area contributed by atoms with E-state index in [0.717, 1.165) is 5.39 Å². The number of nitriles is 1. The summed E-state index contributed by atoms with van der Waals surface area (Å²) in [4.78, 5) is 12.4. The first-order chi connectivity index (χ1) is 8.38. The van der Waals surface area contributed by atoms with Crippen LogP contribution in [0.3, 0.4) is 0 Å². The lowest BCUT2D eigenvalue weighted by Gasteiger charge is -2.00. The van der Waals surface area contributed by atoms with E-state index in [2.05, 4.69) is 31.2 Å². The molecule has 3 aromatic heterocycles. The van der Waals surface area contributed by atoms with Gasteiger partial charge in [-0.3, -0.25) is 10.1 Å². The van der Waals surface area contributed by atoms with Crippen molar-refractivity contribution in [3.63, 3.8) is 0 Å². The molecule has 6 nitrogen and oxygen atoms in total. The minimum Gasteiger partial charge on any atom is -0.261 e. The van der Waals surface area contributed by atoms with E-state index in [-0.39, 0.29) is 0 Å². The molecule has 3 heterocycles. The van der Waals surface area contributed by atoms with Gasteiger partial charge in [0.05, 0.1) is 28.9 Å². The zero-order chi connectivity index (χ0) is 11.7. The van der Waals surface area contributed by atoms with Gasteiger partial charge in [-0.05, 0) is 12.1 Å². The van der Waals surface area contributed by atoms with Crippen molar-refractivity contribution in [3.8, 4) is 17.5 Å². The summed E-state index contributed by atoms with van der Waals surface area (Å²) in [7, 11) is 0. The van der Waals surface area contributed by atoms with Gasteiger partial charge in [-0.2, -0.15) is 10.4 Å². The number of fused-ring (bicyclic) bond motifs is 1. The molecule has 0 saturated carbocycles. The number of nitrogens with zero attached hydrogens (tertiary/aromatic N) is 5. The van der Waals surface area contributed by atoms with Gasteiger partial charge in [-0.15, -0.1) is 0 Å². The normalized spacial score (nSPS) is 10.3. The number of aromatic nitrogens is 5. The van der Waals surface area contributed by atoms with Crippen LogP contribution in [0.5, 0.6) is 0 Å². The van der Waals surface area contributed by atoms with E-state index in [0.29, 0.717) is 22.6 Å². The molecule has 0 aromatic carbocycles. The molecule has 17 heavy (non-hydrogen) atoms. The van der Waals surface area contributed by atoms with Gasteiger partial charge >= 0.3 is 0 Å². The van der Waals surface area contributed by atoms with Crippen LogP contribution in [0.1, 0.15) is 5.56 Å². The van der Waals surface area contributed by atoms with Gasteiger partial charge in [0.15, 0.2) is 5.65 Å². The molecule has 0 bridgehead atoms. The summed E-state index contributed by atoms with van der Waals surface area (Å²) in [5.41, 5.74) is 2.50. The zero-order valence-electron chi connectivity index (χ0n) is 8.62. The quantitative estimate of drug-likeness (QED) is 0.669. The highest BCUT2D eigenvalue weighted by molar-refractivity contribution is 5.88. The van der Waals surface area contributed by atoms with Gasteiger partial charge in [-0.25, -0.2) is 9.97 Å². The summed E-state index contributed by atoms with van der Waals surface area (Å²) in [5.74, 6) is 0. The highest BCUT2D eigenvalue weighted by atomic mass is 15.1. The van der Waals surface area contributed by atoms with Crippen molar-refractivity contribution in [1.29, 1.82) is 5.26 Å². The van der Waals surface area contributed by atoms with Gasteiger partial charge < -0.3 is 0 Å². The molecule has 0 radical (unpaired) electrons. The third kappa shape index (κ3) is 1.50. The monoisotopic (exact) mass is 222 g/mol. The second-order valence-corrected chi connectivity index (χ2v) is 3.40. The van der Waals surface area contributed by atoms with E-state index in [1.54, 1.807) is 24.5 Å². The van der Waals surface area contributed by atoms with Crippen molar-refractivity contribution in [2.45, 2.75) is 0 Å². The molecule has 3 aromatic rings. The van der Waals surface area contributed by atoms with Crippen molar-refractivity contribution in [3.05, 3.63) is 36.4 Å². The van der Waals surface area contributed by atoms with E-state index >= 15 is 0 Å². The molecule has 0 amide bonds. The minimum atomic E-state index is 0.547. The average molecular weight is 222 g/mol. The molecular formula is C11H6N6. The van der Waals surface area contributed by atoms with Crippen molar-refractivity contribution < 1.29 is 0 Å². The second kappa shape index (κ2) is 3.64. The largest absolute Gasteiger partial charge is 0.261 e. The van der Waals surface area contributed by atoms with Gasteiger partial charge in [-0.1, -0.05) is 0 Å². The van der Waals surface area contributed by atoms with E-state index in [4.69, 9.17) is 5.26 Å². The number of hydrogen-bond donors (Lipinski definition) is 1. The summed E-state index contributed by atoms with van der Waals surface area (Å²) >= 11 is 0. The molecule has 0 aliphatic heterocycles. The average Bonchev–Trinajstić information content (AvgIpc) is 2.87. The van der Waals surface area contributed by atoms with Crippen LogP contribution in [0.15, 0.2) is 30.9 Å². The number of rotatable bonds is 1. The van der Waals surface area contributed by atoms with Crippen molar-refractivity contribution in [2.75, 3.05) is 0 Å². The number of nitrogens with one attached hydrogen (secondary N) is 1. The molecule has 0 aliphatic rings. The summed E-state index contributed by atoms with van der Waals surface area (Å²) in [6, 6.07) is 5.41. The van der Waals surface area contributed by atoms with Gasteiger partial charge in [0.1, 0.15) is 12.0 Å². The Balaban J connectivity index is 2.27. The first-order valence-electron chi connectivity index (χ1n) is 4.89. The summed E-state index contributed by atoms with van der Waals surface area (Å²) < 4.78 is 0. The Hall–Kier alpha value is -2.81. The van der Waals surface area contributed by atoms with Gasteiger partial charge in [0, 0.05) is 6.20 Å². The first kappa shape index (κ1) is 9.42. The van der Waals surface area contributed by atoms with E-state index < -0.39 is 0 Å². The number of hydrogen-bond acceptors (Lipinski definition) is 5. The van der Waals surface area contributed by atoms with E-state index in [1.165, 1.54) is 6.33 Å². The van der Waals surface area contributed by atoms with E-state index in [9.17, 15) is 0 Å². The van der Waals surface area contributed by atoms with Gasteiger partial charge in [0.25, 0.3) is 0 Å². The highest BCUT2D eigenvalue weighted by Crippen LogP contribution is 2.22. The van der Waals surface area contributed by atoms with Crippen LogP contribution in [-0.4, -0.2) is 25.1 Å². The zero-order valence-corrected chi connectivity index (χ0v) is 8.62. The molecule has 0 unspecified atom stereocenters. The maximum Gasteiger partial charge on any atom is 0.159 e. The predicted molar refractivity (Wildman–Crippen MR) is 59.6 cm³/mol.